The van der Waals surface area contributed by atoms with E-state index in [4.69, 9.17) is 19.5 Å². The zero-order valence-electron chi connectivity index (χ0n) is 14.4. The monoisotopic (exact) mass is 340 g/mol. The Balaban J connectivity index is 1.96. The minimum absolute atomic E-state index is 0.122. The summed E-state index contributed by atoms with van der Waals surface area (Å²) in [4.78, 5) is 12.1. The summed E-state index contributed by atoms with van der Waals surface area (Å²) in [6.45, 7) is 1.74. The van der Waals surface area contributed by atoms with Gasteiger partial charge in [0.1, 0.15) is 17.2 Å². The van der Waals surface area contributed by atoms with Gasteiger partial charge >= 0.3 is 0 Å². The fourth-order valence-electron chi connectivity index (χ4n) is 2.31. The van der Waals surface area contributed by atoms with E-state index >= 15 is 0 Å². The molecular weight excluding hydrogens is 320 g/mol. The maximum absolute atomic E-state index is 12.1. The van der Waals surface area contributed by atoms with Gasteiger partial charge < -0.3 is 19.5 Å². The van der Waals surface area contributed by atoms with Crippen molar-refractivity contribution in [3.63, 3.8) is 0 Å². The van der Waals surface area contributed by atoms with Crippen LogP contribution in [-0.4, -0.2) is 26.7 Å². The van der Waals surface area contributed by atoms with E-state index in [1.165, 1.54) is 0 Å². The van der Waals surface area contributed by atoms with E-state index in [0.717, 1.165) is 5.56 Å². The summed E-state index contributed by atoms with van der Waals surface area (Å²) in [5.41, 5.74) is 1.35. The van der Waals surface area contributed by atoms with E-state index in [2.05, 4.69) is 5.32 Å². The first-order chi connectivity index (χ1) is 12.1. The highest BCUT2D eigenvalue weighted by Crippen LogP contribution is 2.29. The van der Waals surface area contributed by atoms with Gasteiger partial charge in [-0.25, -0.2) is 0 Å². The van der Waals surface area contributed by atoms with Crippen LogP contribution in [0.15, 0.2) is 42.5 Å². The number of amides is 1. The maximum Gasteiger partial charge on any atom is 0.258 e. The Kier molecular flexibility index (Phi) is 6.24. The van der Waals surface area contributed by atoms with Crippen LogP contribution in [0.1, 0.15) is 24.1 Å². The minimum atomic E-state index is -0.276. The van der Waals surface area contributed by atoms with Crippen molar-refractivity contribution in [1.82, 2.24) is 5.32 Å². The van der Waals surface area contributed by atoms with Gasteiger partial charge in [-0.05, 0) is 49.4 Å². The summed E-state index contributed by atoms with van der Waals surface area (Å²) in [5, 5.41) is 11.6. The molecule has 2 aromatic carbocycles. The molecule has 0 fully saturated rings. The highest BCUT2D eigenvalue weighted by atomic mass is 16.5. The van der Waals surface area contributed by atoms with E-state index in [0.29, 0.717) is 22.8 Å². The number of hydrogen-bond acceptors (Lipinski definition) is 5. The van der Waals surface area contributed by atoms with Crippen molar-refractivity contribution in [1.29, 1.82) is 5.26 Å². The van der Waals surface area contributed by atoms with E-state index in [1.54, 1.807) is 50.6 Å². The average Bonchev–Trinajstić information content (AvgIpc) is 2.66. The van der Waals surface area contributed by atoms with Gasteiger partial charge in [-0.1, -0.05) is 0 Å². The molecule has 0 spiro atoms. The summed E-state index contributed by atoms with van der Waals surface area (Å²) in [5.74, 6) is 1.62. The summed E-state index contributed by atoms with van der Waals surface area (Å²) >= 11 is 0. The lowest BCUT2D eigenvalue weighted by atomic mass is 10.1. The predicted molar refractivity (Wildman–Crippen MR) is 92.8 cm³/mol. The van der Waals surface area contributed by atoms with Gasteiger partial charge in [-0.15, -0.1) is 0 Å². The van der Waals surface area contributed by atoms with Crippen molar-refractivity contribution in [2.24, 2.45) is 0 Å². The zero-order chi connectivity index (χ0) is 18.2. The van der Waals surface area contributed by atoms with E-state index in [1.807, 2.05) is 19.1 Å². The molecule has 0 aliphatic heterocycles. The third-order valence-electron chi connectivity index (χ3n) is 3.63. The number of hydrogen-bond donors (Lipinski definition) is 1. The summed E-state index contributed by atoms with van der Waals surface area (Å²) in [6, 6.07) is 13.7. The van der Waals surface area contributed by atoms with Crippen molar-refractivity contribution in [3.8, 4) is 23.3 Å². The molecule has 130 valence electrons. The Morgan fingerprint density at radius 2 is 1.80 bits per heavy atom. The molecule has 0 aliphatic rings. The van der Waals surface area contributed by atoms with Crippen LogP contribution in [0, 0.1) is 11.3 Å². The first-order valence-electron chi connectivity index (χ1n) is 7.71. The summed E-state index contributed by atoms with van der Waals surface area (Å²) in [7, 11) is 3.16. The van der Waals surface area contributed by atoms with Gasteiger partial charge in [0, 0.05) is 5.56 Å². The smallest absolute Gasteiger partial charge is 0.258 e. The van der Waals surface area contributed by atoms with Gasteiger partial charge in [0.05, 0.1) is 31.9 Å². The molecule has 0 radical (unpaired) electrons. The quantitative estimate of drug-likeness (QED) is 0.838. The van der Waals surface area contributed by atoms with Crippen molar-refractivity contribution in [2.45, 2.75) is 13.0 Å². The Labute approximate surface area is 146 Å². The lowest BCUT2D eigenvalue weighted by molar-refractivity contribution is -0.123. The van der Waals surface area contributed by atoms with Crippen LogP contribution in [-0.2, 0) is 4.79 Å². The van der Waals surface area contributed by atoms with Crippen molar-refractivity contribution >= 4 is 5.91 Å². The van der Waals surface area contributed by atoms with Gasteiger partial charge in [0.2, 0.25) is 0 Å². The van der Waals surface area contributed by atoms with Crippen LogP contribution in [0.3, 0.4) is 0 Å². The molecule has 2 aromatic rings. The molecule has 1 N–H and O–H groups in total. The fourth-order valence-corrected chi connectivity index (χ4v) is 2.31. The molecular formula is C19H20N2O4. The van der Waals surface area contributed by atoms with E-state index < -0.39 is 0 Å². The lowest BCUT2D eigenvalue weighted by Gasteiger charge is -2.18. The SMILES string of the molecule is COc1ccc(OC)c([C@@H](C)NC(=O)COc2ccc(C#N)cc2)c1. The largest absolute Gasteiger partial charge is 0.497 e. The van der Waals surface area contributed by atoms with Crippen LogP contribution >= 0.6 is 0 Å². The molecule has 0 heterocycles. The van der Waals surface area contributed by atoms with Crippen molar-refractivity contribution in [3.05, 3.63) is 53.6 Å². The van der Waals surface area contributed by atoms with E-state index in [9.17, 15) is 4.79 Å². The number of carbonyl (C=O) groups excluding carboxylic acids is 1. The third-order valence-corrected chi connectivity index (χ3v) is 3.63. The highest BCUT2D eigenvalue weighted by Gasteiger charge is 2.15. The molecule has 0 saturated carbocycles. The Bertz CT molecular complexity index is 766. The molecule has 1 amide bonds. The molecule has 25 heavy (non-hydrogen) atoms. The molecule has 6 heteroatoms. The minimum Gasteiger partial charge on any atom is -0.497 e. The zero-order valence-corrected chi connectivity index (χ0v) is 14.4. The van der Waals surface area contributed by atoms with Crippen molar-refractivity contribution < 1.29 is 19.0 Å². The number of nitrogens with zero attached hydrogens (tertiary/aromatic N) is 1. The summed E-state index contributed by atoms with van der Waals surface area (Å²) < 4.78 is 16.0. The van der Waals surface area contributed by atoms with E-state index in [-0.39, 0.29) is 18.6 Å². The Morgan fingerprint density at radius 1 is 1.12 bits per heavy atom. The molecule has 1 atom stereocenters. The number of carbonyl (C=O) groups is 1. The van der Waals surface area contributed by atoms with Crippen molar-refractivity contribution in [2.75, 3.05) is 20.8 Å². The molecule has 0 saturated heterocycles. The standard InChI is InChI=1S/C19H20N2O4/c1-13(17-10-16(23-2)8-9-18(17)24-3)21-19(22)12-25-15-6-4-14(11-20)5-7-15/h4-10,13H,12H2,1-3H3,(H,21,22)/t13-/m1/s1. The van der Waals surface area contributed by atoms with Crippen LogP contribution in [0.5, 0.6) is 17.2 Å². The predicted octanol–water partition coefficient (Wildman–Crippen LogP) is 2.83. The second-order valence-electron chi connectivity index (χ2n) is 5.32. The first-order valence-corrected chi connectivity index (χ1v) is 7.71. The number of methoxy groups -OCH3 is 2. The normalized spacial score (nSPS) is 11.1. The average molecular weight is 340 g/mol. The molecule has 2 rings (SSSR count). The van der Waals surface area contributed by atoms with Crippen LogP contribution < -0.4 is 19.5 Å². The van der Waals surface area contributed by atoms with Gasteiger partial charge in [-0.3, -0.25) is 4.79 Å². The number of ether oxygens (including phenoxy) is 3. The van der Waals surface area contributed by atoms with Gasteiger partial charge in [-0.2, -0.15) is 5.26 Å². The third kappa shape index (κ3) is 4.88. The molecule has 0 bridgehead atoms. The summed E-state index contributed by atoms with van der Waals surface area (Å²) in [6.07, 6.45) is 0. The molecule has 0 unspecified atom stereocenters. The fraction of sp³-hybridized carbons (Fsp3) is 0.263. The lowest BCUT2D eigenvalue weighted by Crippen LogP contribution is -2.31. The maximum atomic E-state index is 12.1. The number of benzene rings is 2. The molecule has 0 aliphatic carbocycles. The van der Waals surface area contributed by atoms with Crippen LogP contribution in [0.25, 0.3) is 0 Å². The number of nitrogens with one attached hydrogen (secondary N) is 1. The first kappa shape index (κ1) is 18.1. The molecule has 0 aromatic heterocycles. The Hall–Kier alpha value is -3.20. The second-order valence-corrected chi connectivity index (χ2v) is 5.32. The van der Waals surface area contributed by atoms with Gasteiger partial charge in [0.25, 0.3) is 5.91 Å². The highest BCUT2D eigenvalue weighted by molar-refractivity contribution is 5.78. The molecule has 6 nitrogen and oxygen atoms in total. The van der Waals surface area contributed by atoms with Crippen LogP contribution in [0.2, 0.25) is 0 Å². The topological polar surface area (TPSA) is 80.6 Å². The van der Waals surface area contributed by atoms with Crippen LogP contribution in [0.4, 0.5) is 0 Å². The van der Waals surface area contributed by atoms with Gasteiger partial charge in [0.15, 0.2) is 6.61 Å². The number of nitriles is 1. The Morgan fingerprint density at radius 3 is 2.40 bits per heavy atom. The second kappa shape index (κ2) is 8.60. The number of rotatable bonds is 7.